The van der Waals surface area contributed by atoms with Crippen LogP contribution in [0, 0.1) is 0 Å². The van der Waals surface area contributed by atoms with Crippen LogP contribution in [0.5, 0.6) is 5.75 Å². The van der Waals surface area contributed by atoms with Gasteiger partial charge in [-0.3, -0.25) is 9.59 Å². The number of ether oxygens (including phenoxy) is 1. The van der Waals surface area contributed by atoms with Crippen molar-refractivity contribution in [3.63, 3.8) is 0 Å². The number of hydrogen-bond acceptors (Lipinski definition) is 3. The molecular formula is C12H12N2O3. The highest BCUT2D eigenvalue weighted by atomic mass is 16.5. The average molecular weight is 232 g/mol. The summed E-state index contributed by atoms with van der Waals surface area (Å²) in [6.45, 7) is 0.000692. The first-order valence-electron chi connectivity index (χ1n) is 5.60. The minimum Gasteiger partial charge on any atom is -0.482 e. The molecule has 1 saturated carbocycles. The fourth-order valence-electron chi connectivity index (χ4n) is 1.78. The molecule has 2 N–H and O–H groups in total. The Balaban J connectivity index is 1.92. The molecule has 17 heavy (non-hydrogen) atoms. The van der Waals surface area contributed by atoms with E-state index in [9.17, 15) is 9.59 Å². The fourth-order valence-corrected chi connectivity index (χ4v) is 1.78. The molecule has 2 amide bonds. The minimum atomic E-state index is -0.232. The Labute approximate surface area is 98.1 Å². The van der Waals surface area contributed by atoms with Gasteiger partial charge in [0.2, 0.25) is 0 Å². The van der Waals surface area contributed by atoms with Crippen LogP contribution in [-0.2, 0) is 4.79 Å². The number of nitrogens with one attached hydrogen (secondary N) is 2. The van der Waals surface area contributed by atoms with E-state index in [0.717, 1.165) is 12.8 Å². The van der Waals surface area contributed by atoms with Gasteiger partial charge in [-0.15, -0.1) is 0 Å². The summed E-state index contributed by atoms with van der Waals surface area (Å²) in [6.07, 6.45) is 2.06. The molecule has 1 aromatic carbocycles. The molecule has 2 aliphatic rings. The van der Waals surface area contributed by atoms with Crippen LogP contribution >= 0.6 is 0 Å². The number of benzene rings is 1. The van der Waals surface area contributed by atoms with Gasteiger partial charge < -0.3 is 15.4 Å². The summed E-state index contributed by atoms with van der Waals surface area (Å²) in [5.74, 6) is 0.160. The van der Waals surface area contributed by atoms with Crippen molar-refractivity contribution in [2.75, 3.05) is 11.9 Å². The van der Waals surface area contributed by atoms with Crippen LogP contribution in [0.2, 0.25) is 0 Å². The van der Waals surface area contributed by atoms with Gasteiger partial charge in [-0.25, -0.2) is 0 Å². The molecule has 5 nitrogen and oxygen atoms in total. The van der Waals surface area contributed by atoms with E-state index in [1.54, 1.807) is 18.2 Å². The Kier molecular flexibility index (Phi) is 2.24. The second-order valence-electron chi connectivity index (χ2n) is 4.26. The predicted molar refractivity (Wildman–Crippen MR) is 61.1 cm³/mol. The van der Waals surface area contributed by atoms with Crippen LogP contribution in [-0.4, -0.2) is 24.5 Å². The van der Waals surface area contributed by atoms with Crippen molar-refractivity contribution in [2.45, 2.75) is 18.9 Å². The van der Waals surface area contributed by atoms with Crippen molar-refractivity contribution in [3.8, 4) is 5.75 Å². The molecule has 0 bridgehead atoms. The van der Waals surface area contributed by atoms with E-state index >= 15 is 0 Å². The number of para-hydroxylation sites is 1. The van der Waals surface area contributed by atoms with E-state index < -0.39 is 0 Å². The van der Waals surface area contributed by atoms with Crippen molar-refractivity contribution >= 4 is 17.5 Å². The molecule has 1 fully saturated rings. The van der Waals surface area contributed by atoms with E-state index in [-0.39, 0.29) is 18.4 Å². The highest BCUT2D eigenvalue weighted by Gasteiger charge is 2.27. The van der Waals surface area contributed by atoms with E-state index in [2.05, 4.69) is 10.6 Å². The Morgan fingerprint density at radius 3 is 3.00 bits per heavy atom. The maximum Gasteiger partial charge on any atom is 0.262 e. The fraction of sp³-hybridized carbons (Fsp3) is 0.333. The zero-order valence-corrected chi connectivity index (χ0v) is 9.16. The van der Waals surface area contributed by atoms with Crippen molar-refractivity contribution in [2.24, 2.45) is 0 Å². The second-order valence-corrected chi connectivity index (χ2v) is 4.26. The van der Waals surface area contributed by atoms with Gasteiger partial charge in [-0.05, 0) is 25.0 Å². The lowest BCUT2D eigenvalue weighted by Gasteiger charge is -2.20. The highest BCUT2D eigenvalue weighted by Crippen LogP contribution is 2.31. The zero-order valence-electron chi connectivity index (χ0n) is 9.16. The number of hydrogen-bond donors (Lipinski definition) is 2. The molecule has 88 valence electrons. The summed E-state index contributed by atoms with van der Waals surface area (Å²) in [7, 11) is 0. The monoisotopic (exact) mass is 232 g/mol. The molecule has 1 aliphatic heterocycles. The third-order valence-electron chi connectivity index (χ3n) is 2.81. The maximum atomic E-state index is 12.0. The number of carbonyl (C=O) groups excluding carboxylic acids is 2. The topological polar surface area (TPSA) is 67.4 Å². The minimum absolute atomic E-state index is 0.000692. The van der Waals surface area contributed by atoms with Gasteiger partial charge in [-0.1, -0.05) is 6.07 Å². The van der Waals surface area contributed by atoms with Crippen LogP contribution < -0.4 is 15.4 Å². The van der Waals surface area contributed by atoms with Gasteiger partial charge in [0, 0.05) is 6.04 Å². The molecule has 0 saturated heterocycles. The van der Waals surface area contributed by atoms with Crippen LogP contribution in [0.3, 0.4) is 0 Å². The standard InChI is InChI=1S/C12H12N2O3/c15-10-6-17-9-3-1-2-8(11(9)14-10)12(16)13-7-4-5-7/h1-3,7H,4-6H2,(H,13,16)(H,14,15). The summed E-state index contributed by atoms with van der Waals surface area (Å²) in [5.41, 5.74) is 0.935. The Bertz CT molecular complexity index is 495. The SMILES string of the molecule is O=C1COc2cccc(C(=O)NC3CC3)c2N1. The first kappa shape index (κ1) is 10.1. The van der Waals surface area contributed by atoms with E-state index in [1.165, 1.54) is 0 Å². The van der Waals surface area contributed by atoms with Crippen molar-refractivity contribution in [3.05, 3.63) is 23.8 Å². The quantitative estimate of drug-likeness (QED) is 0.796. The maximum absolute atomic E-state index is 12.0. The smallest absolute Gasteiger partial charge is 0.262 e. The predicted octanol–water partition coefficient (Wildman–Crippen LogP) is 0.910. The molecule has 1 heterocycles. The molecule has 3 rings (SSSR count). The van der Waals surface area contributed by atoms with Crippen LogP contribution in [0.1, 0.15) is 23.2 Å². The third-order valence-corrected chi connectivity index (χ3v) is 2.81. The number of amides is 2. The second kappa shape index (κ2) is 3.76. The lowest BCUT2D eigenvalue weighted by Crippen LogP contribution is -2.30. The molecule has 0 aromatic heterocycles. The van der Waals surface area contributed by atoms with Gasteiger partial charge in [-0.2, -0.15) is 0 Å². The van der Waals surface area contributed by atoms with Crippen molar-refractivity contribution in [1.29, 1.82) is 0 Å². The summed E-state index contributed by atoms with van der Waals surface area (Å²) >= 11 is 0. The average Bonchev–Trinajstić information content (AvgIpc) is 3.12. The Hall–Kier alpha value is -2.04. The van der Waals surface area contributed by atoms with Gasteiger partial charge >= 0.3 is 0 Å². The normalized spacial score (nSPS) is 17.8. The molecule has 0 radical (unpaired) electrons. The molecule has 1 aromatic rings. The summed E-state index contributed by atoms with van der Waals surface area (Å²) in [5, 5.41) is 5.57. The van der Waals surface area contributed by atoms with Crippen molar-refractivity contribution < 1.29 is 14.3 Å². The Morgan fingerprint density at radius 1 is 1.41 bits per heavy atom. The third kappa shape index (κ3) is 1.95. The van der Waals surface area contributed by atoms with Gasteiger partial charge in [0.05, 0.1) is 11.3 Å². The van der Waals surface area contributed by atoms with Crippen molar-refractivity contribution in [1.82, 2.24) is 5.32 Å². The van der Waals surface area contributed by atoms with Gasteiger partial charge in [0.1, 0.15) is 5.75 Å². The first-order chi connectivity index (χ1) is 8.24. The van der Waals surface area contributed by atoms with E-state index in [4.69, 9.17) is 4.74 Å². The first-order valence-corrected chi connectivity index (χ1v) is 5.60. The number of anilines is 1. The van der Waals surface area contributed by atoms with Crippen LogP contribution in [0.4, 0.5) is 5.69 Å². The molecular weight excluding hydrogens is 220 g/mol. The summed E-state index contributed by atoms with van der Waals surface area (Å²) < 4.78 is 5.26. The van der Waals surface area contributed by atoms with Crippen LogP contribution in [0.25, 0.3) is 0 Å². The summed E-state index contributed by atoms with van der Waals surface area (Å²) in [6, 6.07) is 5.46. The molecule has 0 spiro atoms. The Morgan fingerprint density at radius 2 is 2.24 bits per heavy atom. The van der Waals surface area contributed by atoms with E-state index in [1.807, 2.05) is 0 Å². The number of fused-ring (bicyclic) bond motifs is 1. The lowest BCUT2D eigenvalue weighted by atomic mass is 10.1. The molecule has 0 unspecified atom stereocenters. The molecule has 1 aliphatic carbocycles. The highest BCUT2D eigenvalue weighted by molar-refractivity contribution is 6.06. The largest absolute Gasteiger partial charge is 0.482 e. The van der Waals surface area contributed by atoms with E-state index in [0.29, 0.717) is 23.0 Å². The van der Waals surface area contributed by atoms with Gasteiger partial charge in [0.15, 0.2) is 6.61 Å². The summed E-state index contributed by atoms with van der Waals surface area (Å²) in [4.78, 5) is 23.2. The lowest BCUT2D eigenvalue weighted by molar-refractivity contribution is -0.118. The zero-order chi connectivity index (χ0) is 11.8. The number of carbonyl (C=O) groups is 2. The molecule has 0 atom stereocenters. The molecule has 5 heteroatoms. The van der Waals surface area contributed by atoms with Gasteiger partial charge in [0.25, 0.3) is 11.8 Å². The van der Waals surface area contributed by atoms with Crippen LogP contribution in [0.15, 0.2) is 18.2 Å². The number of rotatable bonds is 2.